The van der Waals surface area contributed by atoms with Crippen molar-refractivity contribution in [2.45, 2.75) is 13.0 Å². The largest absolute Gasteiger partial charge is 0.328 e. The molecule has 1 unspecified atom stereocenters. The van der Waals surface area contributed by atoms with E-state index < -0.39 is 23.7 Å². The summed E-state index contributed by atoms with van der Waals surface area (Å²) in [6, 6.07) is 1.83. The molecule has 2 rings (SSSR count). The molecule has 0 fully saturated rings. The number of anilines is 1. The third kappa shape index (κ3) is 3.24. The fourth-order valence-electron chi connectivity index (χ4n) is 1.44. The first kappa shape index (κ1) is 12.9. The molecule has 0 saturated heterocycles. The van der Waals surface area contributed by atoms with E-state index in [1.54, 1.807) is 6.92 Å². The first-order valence-corrected chi connectivity index (χ1v) is 5.44. The summed E-state index contributed by atoms with van der Waals surface area (Å²) in [7, 11) is 0. The fourth-order valence-corrected chi connectivity index (χ4v) is 1.44. The Bertz CT molecular complexity index is 572. The van der Waals surface area contributed by atoms with Gasteiger partial charge in [0.1, 0.15) is 23.8 Å². The highest BCUT2D eigenvalue weighted by Crippen LogP contribution is 2.15. The number of benzene rings is 1. The van der Waals surface area contributed by atoms with Crippen molar-refractivity contribution in [3.05, 3.63) is 42.0 Å². The van der Waals surface area contributed by atoms with Gasteiger partial charge < -0.3 is 10.6 Å². The summed E-state index contributed by atoms with van der Waals surface area (Å²) < 4.78 is 26.0. The van der Waals surface area contributed by atoms with E-state index in [1.165, 1.54) is 6.33 Å². The molecule has 0 bridgehead atoms. The van der Waals surface area contributed by atoms with Gasteiger partial charge in [-0.1, -0.05) is 0 Å². The zero-order valence-electron chi connectivity index (χ0n) is 9.95. The van der Waals surface area contributed by atoms with E-state index in [-0.39, 0.29) is 5.69 Å². The predicted octanol–water partition coefficient (Wildman–Crippen LogP) is 1.97. The molecular formula is C11H11F2N5O. The van der Waals surface area contributed by atoms with Crippen molar-refractivity contribution in [1.82, 2.24) is 20.5 Å². The van der Waals surface area contributed by atoms with Gasteiger partial charge in [0.2, 0.25) is 0 Å². The fraction of sp³-hybridized carbons (Fsp3) is 0.182. The van der Waals surface area contributed by atoms with Gasteiger partial charge in [0, 0.05) is 6.07 Å². The Labute approximate surface area is 107 Å². The summed E-state index contributed by atoms with van der Waals surface area (Å²) in [5, 5.41) is 11.1. The van der Waals surface area contributed by atoms with Crippen LogP contribution >= 0.6 is 0 Å². The number of aromatic amines is 1. The van der Waals surface area contributed by atoms with E-state index in [0.29, 0.717) is 11.9 Å². The molecule has 0 saturated carbocycles. The monoisotopic (exact) mass is 267 g/mol. The molecule has 2 amide bonds. The molecule has 1 atom stereocenters. The van der Waals surface area contributed by atoms with Crippen molar-refractivity contribution in [3.8, 4) is 0 Å². The Morgan fingerprint density at radius 1 is 1.42 bits per heavy atom. The molecule has 6 nitrogen and oxygen atoms in total. The SMILES string of the molecule is CC(NC(=O)Nc1ccc(F)cc1F)c1ncn[nH]1. The number of urea groups is 1. The summed E-state index contributed by atoms with van der Waals surface area (Å²) in [6.45, 7) is 1.68. The van der Waals surface area contributed by atoms with Crippen LogP contribution in [0.2, 0.25) is 0 Å². The number of halogens is 2. The molecule has 0 radical (unpaired) electrons. The molecule has 100 valence electrons. The number of H-pyrrole nitrogens is 1. The second-order valence-electron chi connectivity index (χ2n) is 3.82. The van der Waals surface area contributed by atoms with E-state index in [9.17, 15) is 13.6 Å². The minimum atomic E-state index is -0.845. The van der Waals surface area contributed by atoms with Crippen LogP contribution in [0.3, 0.4) is 0 Å². The molecule has 8 heteroatoms. The van der Waals surface area contributed by atoms with Gasteiger partial charge in [-0.05, 0) is 19.1 Å². The third-order valence-corrected chi connectivity index (χ3v) is 2.37. The lowest BCUT2D eigenvalue weighted by atomic mass is 10.3. The van der Waals surface area contributed by atoms with Crippen LogP contribution in [0.4, 0.5) is 19.3 Å². The lowest BCUT2D eigenvalue weighted by Gasteiger charge is -2.12. The first-order chi connectivity index (χ1) is 9.06. The van der Waals surface area contributed by atoms with Crippen molar-refractivity contribution in [2.75, 3.05) is 5.32 Å². The molecule has 1 aromatic heterocycles. The number of hydrogen-bond acceptors (Lipinski definition) is 3. The Morgan fingerprint density at radius 3 is 2.84 bits per heavy atom. The molecule has 19 heavy (non-hydrogen) atoms. The quantitative estimate of drug-likeness (QED) is 0.795. The number of amides is 2. The van der Waals surface area contributed by atoms with E-state index in [2.05, 4.69) is 25.8 Å². The minimum absolute atomic E-state index is 0.108. The second kappa shape index (κ2) is 5.42. The summed E-state index contributed by atoms with van der Waals surface area (Å²) >= 11 is 0. The maximum Gasteiger partial charge on any atom is 0.319 e. The van der Waals surface area contributed by atoms with Crippen LogP contribution in [0, 0.1) is 11.6 Å². The van der Waals surface area contributed by atoms with Crippen LogP contribution < -0.4 is 10.6 Å². The standard InChI is InChI=1S/C11H11F2N5O/c1-6(10-14-5-15-18-10)16-11(19)17-9-3-2-7(12)4-8(9)13/h2-6H,1H3,(H,14,15,18)(H2,16,17,19). The smallest absolute Gasteiger partial charge is 0.319 e. The Kier molecular flexibility index (Phi) is 3.69. The topological polar surface area (TPSA) is 82.7 Å². The van der Waals surface area contributed by atoms with Crippen LogP contribution in [-0.4, -0.2) is 21.2 Å². The first-order valence-electron chi connectivity index (χ1n) is 5.44. The van der Waals surface area contributed by atoms with E-state index in [1.807, 2.05) is 0 Å². The number of nitrogens with zero attached hydrogens (tertiary/aromatic N) is 2. The third-order valence-electron chi connectivity index (χ3n) is 2.37. The Balaban J connectivity index is 1.98. The Hall–Kier alpha value is -2.51. The maximum absolute atomic E-state index is 13.3. The summed E-state index contributed by atoms with van der Waals surface area (Å²) in [5.41, 5.74) is -0.108. The second-order valence-corrected chi connectivity index (χ2v) is 3.82. The van der Waals surface area contributed by atoms with E-state index in [0.717, 1.165) is 12.1 Å². The van der Waals surface area contributed by atoms with Gasteiger partial charge in [0.25, 0.3) is 0 Å². The molecule has 0 spiro atoms. The van der Waals surface area contributed by atoms with Gasteiger partial charge in [0.05, 0.1) is 11.7 Å². The molecule has 2 aromatic rings. The van der Waals surface area contributed by atoms with Gasteiger partial charge in [-0.2, -0.15) is 5.10 Å². The zero-order valence-corrected chi connectivity index (χ0v) is 9.95. The van der Waals surface area contributed by atoms with Crippen LogP contribution in [-0.2, 0) is 0 Å². The van der Waals surface area contributed by atoms with Crippen molar-refractivity contribution < 1.29 is 13.6 Å². The van der Waals surface area contributed by atoms with Gasteiger partial charge in [0.15, 0.2) is 0 Å². The number of hydrogen-bond donors (Lipinski definition) is 3. The van der Waals surface area contributed by atoms with Crippen LogP contribution in [0.15, 0.2) is 24.5 Å². The number of rotatable bonds is 3. The highest BCUT2D eigenvalue weighted by atomic mass is 19.1. The van der Waals surface area contributed by atoms with Crippen molar-refractivity contribution in [2.24, 2.45) is 0 Å². The van der Waals surface area contributed by atoms with Crippen molar-refractivity contribution in [3.63, 3.8) is 0 Å². The zero-order chi connectivity index (χ0) is 13.8. The van der Waals surface area contributed by atoms with E-state index in [4.69, 9.17) is 0 Å². The molecule has 0 aliphatic carbocycles. The van der Waals surface area contributed by atoms with Gasteiger partial charge in [-0.25, -0.2) is 18.6 Å². The van der Waals surface area contributed by atoms with Crippen LogP contribution in [0.25, 0.3) is 0 Å². The number of nitrogens with one attached hydrogen (secondary N) is 3. The summed E-state index contributed by atoms with van der Waals surface area (Å²) in [5.74, 6) is -1.09. The molecule has 3 N–H and O–H groups in total. The number of aromatic nitrogens is 3. The lowest BCUT2D eigenvalue weighted by Crippen LogP contribution is -2.32. The van der Waals surface area contributed by atoms with Crippen molar-refractivity contribution >= 4 is 11.7 Å². The predicted molar refractivity (Wildman–Crippen MR) is 63.3 cm³/mol. The van der Waals surface area contributed by atoms with Gasteiger partial charge >= 0.3 is 6.03 Å². The highest BCUT2D eigenvalue weighted by molar-refractivity contribution is 5.89. The maximum atomic E-state index is 13.3. The van der Waals surface area contributed by atoms with E-state index >= 15 is 0 Å². The highest BCUT2D eigenvalue weighted by Gasteiger charge is 2.13. The van der Waals surface area contributed by atoms with Gasteiger partial charge in [-0.3, -0.25) is 5.10 Å². The minimum Gasteiger partial charge on any atom is -0.328 e. The Morgan fingerprint density at radius 2 is 2.21 bits per heavy atom. The average molecular weight is 267 g/mol. The number of carbonyl (C=O) groups excluding carboxylic acids is 1. The molecule has 1 heterocycles. The van der Waals surface area contributed by atoms with Crippen LogP contribution in [0.5, 0.6) is 0 Å². The molecule has 1 aromatic carbocycles. The average Bonchev–Trinajstić information content (AvgIpc) is 2.86. The number of carbonyl (C=O) groups is 1. The van der Waals surface area contributed by atoms with Crippen molar-refractivity contribution in [1.29, 1.82) is 0 Å². The lowest BCUT2D eigenvalue weighted by molar-refractivity contribution is 0.249. The summed E-state index contributed by atoms with van der Waals surface area (Å²) in [4.78, 5) is 15.5. The summed E-state index contributed by atoms with van der Waals surface area (Å²) in [6.07, 6.45) is 1.31. The normalized spacial score (nSPS) is 11.9. The van der Waals surface area contributed by atoms with Crippen LogP contribution in [0.1, 0.15) is 18.8 Å². The molecule has 0 aliphatic rings. The molecular weight excluding hydrogens is 256 g/mol. The molecule has 0 aliphatic heterocycles. The van der Waals surface area contributed by atoms with Gasteiger partial charge in [-0.15, -0.1) is 0 Å².